The number of hydrogen-bond donors (Lipinski definition) is 1. The first kappa shape index (κ1) is 13.3. The maximum atomic E-state index is 5.98. The van der Waals surface area contributed by atoms with E-state index in [0.29, 0.717) is 6.04 Å². The van der Waals surface area contributed by atoms with Gasteiger partial charge in [0.15, 0.2) is 0 Å². The molecule has 1 fully saturated rings. The molecule has 90 valence electrons. The minimum absolute atomic E-state index is 0.277. The SMILES string of the molecule is CC(C)CC(C)N(C)C1(CN)CCSC1. The van der Waals surface area contributed by atoms with Crippen LogP contribution in [-0.2, 0) is 0 Å². The number of nitrogens with zero attached hydrogens (tertiary/aromatic N) is 1. The number of thioether (sulfide) groups is 1. The first-order valence-corrected chi connectivity index (χ1v) is 7.18. The van der Waals surface area contributed by atoms with Crippen LogP contribution in [0.5, 0.6) is 0 Å². The molecule has 1 saturated heterocycles. The van der Waals surface area contributed by atoms with E-state index in [1.54, 1.807) is 0 Å². The molecule has 0 aliphatic carbocycles. The summed E-state index contributed by atoms with van der Waals surface area (Å²) in [6.07, 6.45) is 2.52. The Labute approximate surface area is 99.0 Å². The summed E-state index contributed by atoms with van der Waals surface area (Å²) < 4.78 is 0. The lowest BCUT2D eigenvalue weighted by Crippen LogP contribution is -2.55. The minimum Gasteiger partial charge on any atom is -0.329 e. The average Bonchev–Trinajstić information content (AvgIpc) is 2.65. The summed E-state index contributed by atoms with van der Waals surface area (Å²) in [4.78, 5) is 2.53. The third-order valence-corrected chi connectivity index (χ3v) is 4.92. The van der Waals surface area contributed by atoms with Crippen molar-refractivity contribution in [3.8, 4) is 0 Å². The normalized spacial score (nSPS) is 29.0. The van der Waals surface area contributed by atoms with Gasteiger partial charge in [-0.3, -0.25) is 4.90 Å². The summed E-state index contributed by atoms with van der Waals surface area (Å²) in [5, 5.41) is 0. The van der Waals surface area contributed by atoms with E-state index in [1.165, 1.54) is 24.3 Å². The molecule has 0 aromatic carbocycles. The van der Waals surface area contributed by atoms with Crippen molar-refractivity contribution in [3.63, 3.8) is 0 Å². The zero-order valence-electron chi connectivity index (χ0n) is 10.6. The van der Waals surface area contributed by atoms with Crippen LogP contribution in [0.3, 0.4) is 0 Å². The fourth-order valence-electron chi connectivity index (χ4n) is 2.49. The molecule has 1 aliphatic heterocycles. The van der Waals surface area contributed by atoms with Crippen LogP contribution >= 0.6 is 11.8 Å². The maximum Gasteiger partial charge on any atom is 0.0429 e. The van der Waals surface area contributed by atoms with E-state index in [0.717, 1.165) is 12.5 Å². The molecular formula is C12H26N2S. The Morgan fingerprint density at radius 3 is 2.47 bits per heavy atom. The summed E-state index contributed by atoms with van der Waals surface area (Å²) >= 11 is 2.05. The molecule has 0 saturated carbocycles. The lowest BCUT2D eigenvalue weighted by Gasteiger charge is -2.42. The Morgan fingerprint density at radius 2 is 2.07 bits per heavy atom. The predicted molar refractivity (Wildman–Crippen MR) is 70.4 cm³/mol. The second-order valence-electron chi connectivity index (χ2n) is 5.32. The maximum absolute atomic E-state index is 5.98. The van der Waals surface area contributed by atoms with E-state index in [9.17, 15) is 0 Å². The van der Waals surface area contributed by atoms with E-state index in [2.05, 4.69) is 32.7 Å². The molecule has 0 bridgehead atoms. The van der Waals surface area contributed by atoms with Gasteiger partial charge < -0.3 is 5.73 Å². The van der Waals surface area contributed by atoms with Crippen molar-refractivity contribution in [1.82, 2.24) is 4.90 Å². The van der Waals surface area contributed by atoms with Gasteiger partial charge >= 0.3 is 0 Å². The summed E-state index contributed by atoms with van der Waals surface area (Å²) in [6, 6.07) is 0.646. The van der Waals surface area contributed by atoms with Gasteiger partial charge in [-0.25, -0.2) is 0 Å². The Kier molecular flexibility index (Phi) is 4.94. The van der Waals surface area contributed by atoms with Crippen molar-refractivity contribution in [1.29, 1.82) is 0 Å². The van der Waals surface area contributed by atoms with E-state index in [4.69, 9.17) is 5.73 Å². The highest BCUT2D eigenvalue weighted by molar-refractivity contribution is 7.99. The van der Waals surface area contributed by atoms with E-state index in [1.807, 2.05) is 11.8 Å². The van der Waals surface area contributed by atoms with Crippen molar-refractivity contribution >= 4 is 11.8 Å². The van der Waals surface area contributed by atoms with Crippen molar-refractivity contribution in [2.45, 2.75) is 45.2 Å². The van der Waals surface area contributed by atoms with Gasteiger partial charge in [0.25, 0.3) is 0 Å². The summed E-state index contributed by atoms with van der Waals surface area (Å²) in [5.41, 5.74) is 6.26. The van der Waals surface area contributed by atoms with Crippen LogP contribution < -0.4 is 5.73 Å². The Hall–Kier alpha value is 0.270. The molecule has 2 atom stereocenters. The van der Waals surface area contributed by atoms with Crippen LogP contribution in [0.1, 0.15) is 33.6 Å². The molecule has 0 amide bonds. The molecule has 0 aromatic heterocycles. The van der Waals surface area contributed by atoms with Crippen molar-refractivity contribution in [2.75, 3.05) is 25.1 Å². The van der Waals surface area contributed by atoms with Crippen LogP contribution in [0.25, 0.3) is 0 Å². The van der Waals surface area contributed by atoms with Crippen LogP contribution in [0, 0.1) is 5.92 Å². The molecule has 1 heterocycles. The van der Waals surface area contributed by atoms with Crippen LogP contribution in [0.4, 0.5) is 0 Å². The topological polar surface area (TPSA) is 29.3 Å². The van der Waals surface area contributed by atoms with Gasteiger partial charge in [0.1, 0.15) is 0 Å². The molecule has 2 N–H and O–H groups in total. The molecule has 2 unspecified atom stereocenters. The van der Waals surface area contributed by atoms with Gasteiger partial charge in [0, 0.05) is 23.9 Å². The predicted octanol–water partition coefficient (Wildman–Crippen LogP) is 2.19. The number of hydrogen-bond acceptors (Lipinski definition) is 3. The molecule has 3 heteroatoms. The van der Waals surface area contributed by atoms with Gasteiger partial charge in [-0.2, -0.15) is 11.8 Å². The number of rotatable bonds is 5. The summed E-state index contributed by atoms with van der Waals surface area (Å²) in [5.74, 6) is 3.25. The van der Waals surface area contributed by atoms with Gasteiger partial charge in [-0.05, 0) is 38.5 Å². The molecule has 0 spiro atoms. The average molecular weight is 230 g/mol. The van der Waals surface area contributed by atoms with E-state index >= 15 is 0 Å². The fraction of sp³-hybridized carbons (Fsp3) is 1.00. The lowest BCUT2D eigenvalue weighted by molar-refractivity contribution is 0.0948. The molecule has 2 nitrogen and oxygen atoms in total. The van der Waals surface area contributed by atoms with Gasteiger partial charge in [0.2, 0.25) is 0 Å². The van der Waals surface area contributed by atoms with Crippen LogP contribution in [0.15, 0.2) is 0 Å². The molecular weight excluding hydrogens is 204 g/mol. The highest BCUT2D eigenvalue weighted by Crippen LogP contribution is 2.33. The Balaban J connectivity index is 2.59. The summed E-state index contributed by atoms with van der Waals surface area (Å²) in [6.45, 7) is 7.73. The first-order valence-electron chi connectivity index (χ1n) is 6.02. The highest BCUT2D eigenvalue weighted by atomic mass is 32.2. The standard InChI is InChI=1S/C12H26N2S/c1-10(2)7-11(3)14(4)12(8-13)5-6-15-9-12/h10-11H,5-9,13H2,1-4H3. The van der Waals surface area contributed by atoms with Crippen molar-refractivity contribution in [2.24, 2.45) is 11.7 Å². The van der Waals surface area contributed by atoms with E-state index in [-0.39, 0.29) is 5.54 Å². The second-order valence-corrected chi connectivity index (χ2v) is 6.43. The minimum atomic E-state index is 0.277. The largest absolute Gasteiger partial charge is 0.329 e. The molecule has 1 aliphatic rings. The molecule has 0 radical (unpaired) electrons. The highest BCUT2D eigenvalue weighted by Gasteiger charge is 2.38. The zero-order valence-corrected chi connectivity index (χ0v) is 11.4. The second kappa shape index (κ2) is 5.55. The van der Waals surface area contributed by atoms with E-state index < -0.39 is 0 Å². The third-order valence-electron chi connectivity index (χ3n) is 3.68. The Morgan fingerprint density at radius 1 is 1.40 bits per heavy atom. The lowest BCUT2D eigenvalue weighted by atomic mass is 9.93. The van der Waals surface area contributed by atoms with Gasteiger partial charge in [-0.15, -0.1) is 0 Å². The molecule has 15 heavy (non-hydrogen) atoms. The Bertz CT molecular complexity index is 188. The smallest absolute Gasteiger partial charge is 0.0429 e. The quantitative estimate of drug-likeness (QED) is 0.785. The van der Waals surface area contributed by atoms with Crippen molar-refractivity contribution < 1.29 is 0 Å². The first-order chi connectivity index (χ1) is 7.02. The number of nitrogens with two attached hydrogens (primary N) is 1. The monoisotopic (exact) mass is 230 g/mol. The van der Waals surface area contributed by atoms with Crippen LogP contribution in [-0.4, -0.2) is 41.6 Å². The molecule has 0 aromatic rings. The molecule has 1 rings (SSSR count). The fourth-order valence-corrected chi connectivity index (χ4v) is 4.00. The third kappa shape index (κ3) is 3.11. The van der Waals surface area contributed by atoms with Crippen LogP contribution in [0.2, 0.25) is 0 Å². The van der Waals surface area contributed by atoms with Crippen molar-refractivity contribution in [3.05, 3.63) is 0 Å². The number of likely N-dealkylation sites (N-methyl/N-ethyl adjacent to an activating group) is 1. The zero-order chi connectivity index (χ0) is 11.5. The summed E-state index contributed by atoms with van der Waals surface area (Å²) in [7, 11) is 2.26. The van der Waals surface area contributed by atoms with Gasteiger partial charge in [0.05, 0.1) is 0 Å². The van der Waals surface area contributed by atoms with Gasteiger partial charge in [-0.1, -0.05) is 13.8 Å².